The molecule has 1 unspecified atom stereocenters. The van der Waals surface area contributed by atoms with Crippen LogP contribution in [0.2, 0.25) is 0 Å². The van der Waals surface area contributed by atoms with E-state index >= 15 is 0 Å². The minimum absolute atomic E-state index is 0.131. The molecule has 1 heterocycles. The van der Waals surface area contributed by atoms with E-state index in [-0.39, 0.29) is 17.4 Å². The van der Waals surface area contributed by atoms with Crippen LogP contribution in [0.3, 0.4) is 0 Å². The lowest BCUT2D eigenvalue weighted by Crippen LogP contribution is -2.21. The van der Waals surface area contributed by atoms with Crippen molar-refractivity contribution in [2.75, 3.05) is 6.54 Å². The van der Waals surface area contributed by atoms with Gasteiger partial charge in [0.1, 0.15) is 12.1 Å². The Hall–Kier alpha value is -2.63. The van der Waals surface area contributed by atoms with Crippen LogP contribution in [0.15, 0.2) is 36.7 Å². The Bertz CT molecular complexity index is 615. The number of hydrogen-bond acceptors (Lipinski definition) is 4. The van der Waals surface area contributed by atoms with E-state index in [0.717, 1.165) is 5.56 Å². The summed E-state index contributed by atoms with van der Waals surface area (Å²) < 4.78 is 1.65. The lowest BCUT2D eigenvalue weighted by Gasteiger charge is -2.17. The summed E-state index contributed by atoms with van der Waals surface area (Å²) in [4.78, 5) is 3.92. The molecule has 2 aromatic rings. The first kappa shape index (κ1) is 11.8. The van der Waals surface area contributed by atoms with E-state index in [0.29, 0.717) is 6.54 Å². The highest BCUT2D eigenvalue weighted by Gasteiger charge is 2.18. The normalized spacial score (nSPS) is 11.5. The second-order valence-electron chi connectivity index (χ2n) is 3.73. The van der Waals surface area contributed by atoms with E-state index in [4.69, 9.17) is 16.3 Å². The van der Waals surface area contributed by atoms with Crippen molar-refractivity contribution in [3.05, 3.63) is 53.6 Å². The summed E-state index contributed by atoms with van der Waals surface area (Å²) in [5.41, 5.74) is 7.13. The Kier molecular flexibility index (Phi) is 3.38. The molecule has 0 amide bonds. The Morgan fingerprint density at radius 2 is 1.94 bits per heavy atom. The van der Waals surface area contributed by atoms with Crippen LogP contribution in [0.25, 0.3) is 0 Å². The molecule has 0 radical (unpaired) electrons. The highest BCUT2D eigenvalue weighted by Crippen LogP contribution is 2.20. The maximum Gasteiger partial charge on any atom is 0.176 e. The first-order valence-electron chi connectivity index (χ1n) is 5.43. The van der Waals surface area contributed by atoms with E-state index in [2.05, 4.69) is 4.98 Å². The minimum Gasteiger partial charge on any atom is -0.328 e. The maximum atomic E-state index is 9.11. The third-order valence-electron chi connectivity index (χ3n) is 2.75. The number of rotatable bonds is 3. The lowest BCUT2D eigenvalue weighted by molar-refractivity contribution is 0.588. The quantitative estimate of drug-likeness (QED) is 0.867. The number of imidazole rings is 1. The molecule has 0 bridgehead atoms. The van der Waals surface area contributed by atoms with Crippen molar-refractivity contribution >= 4 is 0 Å². The molecule has 18 heavy (non-hydrogen) atoms. The van der Waals surface area contributed by atoms with Gasteiger partial charge in [-0.3, -0.25) is 0 Å². The molecule has 2 rings (SSSR count). The molecular weight excluding hydrogens is 226 g/mol. The summed E-state index contributed by atoms with van der Waals surface area (Å²) in [6.45, 7) is 0.333. The van der Waals surface area contributed by atoms with E-state index in [1.165, 1.54) is 6.33 Å². The summed E-state index contributed by atoms with van der Waals surface area (Å²) >= 11 is 0. The predicted octanol–water partition coefficient (Wildman–Crippen LogP) is 1.17. The van der Waals surface area contributed by atoms with Gasteiger partial charge < -0.3 is 10.3 Å². The summed E-state index contributed by atoms with van der Waals surface area (Å²) in [7, 11) is 0. The van der Waals surface area contributed by atoms with E-state index in [1.807, 2.05) is 42.5 Å². The highest BCUT2D eigenvalue weighted by molar-refractivity contribution is 5.38. The molecule has 0 aliphatic heterocycles. The van der Waals surface area contributed by atoms with Gasteiger partial charge in [-0.1, -0.05) is 30.3 Å². The SMILES string of the molecule is N#Cc1ncn(C(CN)c2ccccc2)c1C#N. The monoisotopic (exact) mass is 237 g/mol. The van der Waals surface area contributed by atoms with E-state index in [1.54, 1.807) is 4.57 Å². The number of nitriles is 2. The van der Waals surface area contributed by atoms with Gasteiger partial charge in [0.05, 0.1) is 12.4 Å². The average Bonchev–Trinajstić information content (AvgIpc) is 2.83. The van der Waals surface area contributed by atoms with Gasteiger partial charge in [-0.25, -0.2) is 4.98 Å². The zero-order valence-corrected chi connectivity index (χ0v) is 9.61. The van der Waals surface area contributed by atoms with Crippen molar-refractivity contribution in [1.29, 1.82) is 10.5 Å². The van der Waals surface area contributed by atoms with Gasteiger partial charge in [-0.2, -0.15) is 10.5 Å². The average molecular weight is 237 g/mol. The van der Waals surface area contributed by atoms with E-state index < -0.39 is 0 Å². The molecular formula is C13H11N5. The van der Waals surface area contributed by atoms with Crippen LogP contribution >= 0.6 is 0 Å². The van der Waals surface area contributed by atoms with Crippen LogP contribution in [0.5, 0.6) is 0 Å². The summed E-state index contributed by atoms with van der Waals surface area (Å²) in [5, 5.41) is 18.0. The number of benzene rings is 1. The fraction of sp³-hybridized carbons (Fsp3) is 0.154. The molecule has 0 aliphatic rings. The molecule has 5 nitrogen and oxygen atoms in total. The van der Waals surface area contributed by atoms with Gasteiger partial charge in [-0.05, 0) is 5.56 Å². The summed E-state index contributed by atoms with van der Waals surface area (Å²) in [5.74, 6) is 0. The van der Waals surface area contributed by atoms with Crippen molar-refractivity contribution in [2.45, 2.75) is 6.04 Å². The van der Waals surface area contributed by atoms with Crippen LogP contribution in [0, 0.1) is 22.7 Å². The molecule has 1 aromatic carbocycles. The maximum absolute atomic E-state index is 9.11. The van der Waals surface area contributed by atoms with Gasteiger partial charge >= 0.3 is 0 Å². The molecule has 5 heteroatoms. The van der Waals surface area contributed by atoms with Crippen molar-refractivity contribution < 1.29 is 0 Å². The minimum atomic E-state index is -0.185. The lowest BCUT2D eigenvalue weighted by atomic mass is 10.1. The molecule has 0 saturated heterocycles. The number of aromatic nitrogens is 2. The van der Waals surface area contributed by atoms with Crippen molar-refractivity contribution in [2.24, 2.45) is 5.73 Å². The van der Waals surface area contributed by atoms with Crippen LogP contribution in [-0.2, 0) is 0 Å². The van der Waals surface area contributed by atoms with Crippen molar-refractivity contribution in [3.63, 3.8) is 0 Å². The number of nitrogens with two attached hydrogens (primary N) is 1. The molecule has 2 N–H and O–H groups in total. The fourth-order valence-electron chi connectivity index (χ4n) is 1.88. The molecule has 0 fully saturated rings. The second kappa shape index (κ2) is 5.13. The standard InChI is InChI=1S/C13H11N5/c14-6-11-13(8-16)18(9-17-11)12(7-15)10-4-2-1-3-5-10/h1-5,9,12H,7,15H2. The van der Waals surface area contributed by atoms with Crippen molar-refractivity contribution in [3.8, 4) is 12.1 Å². The Morgan fingerprint density at radius 1 is 1.22 bits per heavy atom. The Morgan fingerprint density at radius 3 is 2.50 bits per heavy atom. The molecule has 0 saturated carbocycles. The fourth-order valence-corrected chi connectivity index (χ4v) is 1.88. The van der Waals surface area contributed by atoms with Gasteiger partial charge in [0.2, 0.25) is 0 Å². The summed E-state index contributed by atoms with van der Waals surface area (Å²) in [6, 6.07) is 13.3. The summed E-state index contributed by atoms with van der Waals surface area (Å²) in [6.07, 6.45) is 1.49. The molecule has 0 aliphatic carbocycles. The third kappa shape index (κ3) is 1.95. The topological polar surface area (TPSA) is 91.4 Å². The smallest absolute Gasteiger partial charge is 0.176 e. The molecule has 0 spiro atoms. The number of nitrogens with zero attached hydrogens (tertiary/aromatic N) is 4. The Balaban J connectivity index is 2.51. The van der Waals surface area contributed by atoms with Crippen LogP contribution < -0.4 is 5.73 Å². The van der Waals surface area contributed by atoms with Gasteiger partial charge in [0.15, 0.2) is 11.4 Å². The highest BCUT2D eigenvalue weighted by atomic mass is 15.1. The molecule has 1 atom stereocenters. The largest absolute Gasteiger partial charge is 0.328 e. The predicted molar refractivity (Wildman–Crippen MR) is 65.3 cm³/mol. The van der Waals surface area contributed by atoms with E-state index in [9.17, 15) is 0 Å². The first-order chi connectivity index (χ1) is 8.81. The van der Waals surface area contributed by atoms with Gasteiger partial charge in [0, 0.05) is 6.54 Å². The second-order valence-corrected chi connectivity index (χ2v) is 3.73. The van der Waals surface area contributed by atoms with Crippen molar-refractivity contribution in [1.82, 2.24) is 9.55 Å². The zero-order chi connectivity index (χ0) is 13.0. The molecule has 1 aromatic heterocycles. The first-order valence-corrected chi connectivity index (χ1v) is 5.43. The van der Waals surface area contributed by atoms with Crippen LogP contribution in [0.1, 0.15) is 23.0 Å². The van der Waals surface area contributed by atoms with Gasteiger partial charge in [0.25, 0.3) is 0 Å². The number of hydrogen-bond donors (Lipinski definition) is 1. The van der Waals surface area contributed by atoms with Gasteiger partial charge in [-0.15, -0.1) is 0 Å². The zero-order valence-electron chi connectivity index (χ0n) is 9.61. The van der Waals surface area contributed by atoms with Crippen LogP contribution in [0.4, 0.5) is 0 Å². The third-order valence-corrected chi connectivity index (χ3v) is 2.75. The molecule has 88 valence electrons. The van der Waals surface area contributed by atoms with Crippen LogP contribution in [-0.4, -0.2) is 16.1 Å². The Labute approximate surface area is 105 Å².